The van der Waals surface area contributed by atoms with Gasteiger partial charge < -0.3 is 9.80 Å². The Bertz CT molecular complexity index is 1480. The third-order valence-electron chi connectivity index (χ3n) is 9.26. The molecule has 2 nitrogen and oxygen atoms in total. The van der Waals surface area contributed by atoms with Gasteiger partial charge in [-0.2, -0.15) is 0 Å². The number of unbranched alkanes of at least 4 members (excludes halogenated alkanes) is 4. The monoisotopic (exact) mass is 636 g/mol. The minimum Gasteiger partial charge on any atom is -0.310 e. The van der Waals surface area contributed by atoms with Crippen molar-refractivity contribution < 1.29 is 0 Å². The van der Waals surface area contributed by atoms with Crippen molar-refractivity contribution in [3.8, 4) is 0 Å². The summed E-state index contributed by atoms with van der Waals surface area (Å²) in [4.78, 5) is 4.88. The van der Waals surface area contributed by atoms with Crippen LogP contribution >= 0.6 is 0 Å². The van der Waals surface area contributed by atoms with Gasteiger partial charge in [0.25, 0.3) is 0 Å². The van der Waals surface area contributed by atoms with Crippen LogP contribution < -0.4 is 9.80 Å². The standard InChI is InChI=1S/C46H56N2/c1-5-9-19-37-31-38(20-10-6-2)34-45(33-37)47(41-23-15-13-16-24-41)43-27-29-44(30-28-43)48(42-25-17-14-18-26-42)46-35-39(21-11-7-3)32-40(36-46)22-12-8-4/h13-18,23-36H,5-12,19-22H2,1-4H3. The van der Waals surface area contributed by atoms with E-state index in [0.717, 1.165) is 25.7 Å². The Morgan fingerprint density at radius 1 is 0.312 bits per heavy atom. The van der Waals surface area contributed by atoms with Gasteiger partial charge in [-0.3, -0.25) is 0 Å². The highest BCUT2D eigenvalue weighted by molar-refractivity contribution is 5.81. The molecule has 48 heavy (non-hydrogen) atoms. The minimum atomic E-state index is 1.12. The lowest BCUT2D eigenvalue weighted by Crippen LogP contribution is -2.13. The van der Waals surface area contributed by atoms with Crippen LogP contribution in [0, 0.1) is 0 Å². The highest BCUT2D eigenvalue weighted by atomic mass is 15.2. The molecule has 0 aromatic heterocycles. The molecule has 0 amide bonds. The van der Waals surface area contributed by atoms with Crippen LogP contribution in [0.3, 0.4) is 0 Å². The lowest BCUT2D eigenvalue weighted by Gasteiger charge is -2.29. The van der Waals surface area contributed by atoms with Gasteiger partial charge in [-0.1, -0.05) is 102 Å². The molecule has 0 aliphatic carbocycles. The van der Waals surface area contributed by atoms with Crippen LogP contribution in [0.15, 0.2) is 121 Å². The normalized spacial score (nSPS) is 11.1. The first kappa shape index (κ1) is 35.0. The Hall–Kier alpha value is -4.30. The van der Waals surface area contributed by atoms with E-state index in [4.69, 9.17) is 0 Å². The van der Waals surface area contributed by atoms with Gasteiger partial charge in [0.15, 0.2) is 0 Å². The maximum Gasteiger partial charge on any atom is 0.0467 e. The molecule has 0 unspecified atom stereocenters. The largest absolute Gasteiger partial charge is 0.310 e. The van der Waals surface area contributed by atoms with Crippen LogP contribution in [0.4, 0.5) is 34.1 Å². The number of benzene rings is 5. The molecular formula is C46H56N2. The van der Waals surface area contributed by atoms with Crippen molar-refractivity contribution in [3.63, 3.8) is 0 Å². The second-order valence-corrected chi connectivity index (χ2v) is 13.3. The summed E-state index contributed by atoms with van der Waals surface area (Å²) in [7, 11) is 0. The van der Waals surface area contributed by atoms with Gasteiger partial charge in [0.2, 0.25) is 0 Å². The van der Waals surface area contributed by atoms with E-state index in [9.17, 15) is 0 Å². The number of para-hydroxylation sites is 2. The number of anilines is 6. The minimum absolute atomic E-state index is 1.12. The number of nitrogens with zero attached hydrogens (tertiary/aromatic N) is 2. The lowest BCUT2D eigenvalue weighted by atomic mass is 9.99. The summed E-state index contributed by atoms with van der Waals surface area (Å²) >= 11 is 0. The first-order valence-corrected chi connectivity index (χ1v) is 18.7. The number of hydrogen-bond acceptors (Lipinski definition) is 2. The summed E-state index contributed by atoms with van der Waals surface area (Å²) in [6.45, 7) is 9.13. The molecule has 0 bridgehead atoms. The first-order chi connectivity index (χ1) is 23.6. The van der Waals surface area contributed by atoms with E-state index in [0.29, 0.717) is 0 Å². The van der Waals surface area contributed by atoms with Gasteiger partial charge in [-0.25, -0.2) is 0 Å². The Morgan fingerprint density at radius 2 is 0.583 bits per heavy atom. The van der Waals surface area contributed by atoms with Crippen LogP contribution in [0.25, 0.3) is 0 Å². The Balaban J connectivity index is 1.59. The molecule has 0 fully saturated rings. The molecule has 0 atom stereocenters. The first-order valence-electron chi connectivity index (χ1n) is 18.7. The molecule has 250 valence electrons. The van der Waals surface area contributed by atoms with Crippen molar-refractivity contribution in [3.05, 3.63) is 144 Å². The van der Waals surface area contributed by atoms with Crippen LogP contribution in [-0.4, -0.2) is 0 Å². The predicted molar refractivity (Wildman–Crippen MR) is 210 cm³/mol. The molecular weight excluding hydrogens is 581 g/mol. The highest BCUT2D eigenvalue weighted by Gasteiger charge is 2.18. The Kier molecular flexibility index (Phi) is 13.3. The summed E-state index contributed by atoms with van der Waals surface area (Å²) in [5.41, 5.74) is 13.0. The molecule has 0 spiro atoms. The molecule has 0 N–H and O–H groups in total. The summed E-state index contributed by atoms with van der Waals surface area (Å²) in [6.07, 6.45) is 14.2. The molecule has 0 aliphatic heterocycles. The number of rotatable bonds is 18. The summed E-state index contributed by atoms with van der Waals surface area (Å²) in [6, 6.07) is 45.5. The van der Waals surface area contributed by atoms with Crippen LogP contribution in [0.1, 0.15) is 101 Å². The van der Waals surface area contributed by atoms with Crippen molar-refractivity contribution in [2.75, 3.05) is 9.80 Å². The fourth-order valence-electron chi connectivity index (χ4n) is 6.64. The van der Waals surface area contributed by atoms with Crippen LogP contribution in [0.2, 0.25) is 0 Å². The third kappa shape index (κ3) is 9.41. The molecule has 0 heterocycles. The summed E-state index contributed by atoms with van der Waals surface area (Å²) in [5.74, 6) is 0. The average molecular weight is 637 g/mol. The van der Waals surface area contributed by atoms with Gasteiger partial charge >= 0.3 is 0 Å². The van der Waals surface area contributed by atoms with Crippen LogP contribution in [0.5, 0.6) is 0 Å². The van der Waals surface area contributed by atoms with E-state index in [1.807, 2.05) is 0 Å². The van der Waals surface area contributed by atoms with Gasteiger partial charge in [0, 0.05) is 34.1 Å². The van der Waals surface area contributed by atoms with E-state index in [1.165, 1.54) is 108 Å². The van der Waals surface area contributed by atoms with Gasteiger partial charge in [0.1, 0.15) is 0 Å². The lowest BCUT2D eigenvalue weighted by molar-refractivity contribution is 0.780. The number of hydrogen-bond donors (Lipinski definition) is 0. The quantitative estimate of drug-likeness (QED) is 0.0944. The predicted octanol–water partition coefficient (Wildman–Crippen LogP) is 14.0. The molecule has 5 rings (SSSR count). The molecule has 2 heteroatoms. The van der Waals surface area contributed by atoms with E-state index < -0.39 is 0 Å². The average Bonchev–Trinajstić information content (AvgIpc) is 3.13. The highest BCUT2D eigenvalue weighted by Crippen LogP contribution is 2.40. The van der Waals surface area contributed by atoms with Crippen molar-refractivity contribution in [1.82, 2.24) is 0 Å². The zero-order chi connectivity index (χ0) is 33.6. The van der Waals surface area contributed by atoms with E-state index in [1.54, 1.807) is 0 Å². The van der Waals surface area contributed by atoms with Crippen molar-refractivity contribution in [2.45, 2.75) is 105 Å². The maximum atomic E-state index is 2.45. The SMILES string of the molecule is CCCCc1cc(CCCC)cc(N(c2ccccc2)c2ccc(N(c3ccccc3)c3cc(CCCC)cc(CCCC)c3)cc2)c1. The maximum absolute atomic E-state index is 2.45. The van der Waals surface area contributed by atoms with E-state index >= 15 is 0 Å². The Morgan fingerprint density at radius 3 is 0.854 bits per heavy atom. The molecule has 0 saturated carbocycles. The number of aryl methyl sites for hydroxylation is 4. The molecule has 5 aromatic rings. The van der Waals surface area contributed by atoms with Crippen molar-refractivity contribution in [2.24, 2.45) is 0 Å². The fraction of sp³-hybridized carbons (Fsp3) is 0.348. The van der Waals surface area contributed by atoms with Crippen LogP contribution in [-0.2, 0) is 25.7 Å². The smallest absolute Gasteiger partial charge is 0.0467 e. The van der Waals surface area contributed by atoms with E-state index in [-0.39, 0.29) is 0 Å². The fourth-order valence-corrected chi connectivity index (χ4v) is 6.64. The van der Waals surface area contributed by atoms with Crippen molar-refractivity contribution in [1.29, 1.82) is 0 Å². The molecule has 0 saturated heterocycles. The Labute approximate surface area is 291 Å². The second-order valence-electron chi connectivity index (χ2n) is 13.3. The third-order valence-corrected chi connectivity index (χ3v) is 9.26. The molecule has 0 radical (unpaired) electrons. The zero-order valence-electron chi connectivity index (χ0n) is 29.9. The van der Waals surface area contributed by atoms with E-state index in [2.05, 4.69) is 159 Å². The van der Waals surface area contributed by atoms with Gasteiger partial charge in [-0.05, 0) is 146 Å². The summed E-state index contributed by atoms with van der Waals surface area (Å²) in [5, 5.41) is 0. The zero-order valence-corrected chi connectivity index (χ0v) is 29.9. The second kappa shape index (κ2) is 18.3. The summed E-state index contributed by atoms with van der Waals surface area (Å²) < 4.78 is 0. The van der Waals surface area contributed by atoms with Gasteiger partial charge in [-0.15, -0.1) is 0 Å². The topological polar surface area (TPSA) is 6.48 Å². The van der Waals surface area contributed by atoms with Gasteiger partial charge in [0.05, 0.1) is 0 Å². The molecule has 5 aromatic carbocycles. The molecule has 0 aliphatic rings. The van der Waals surface area contributed by atoms with Crippen molar-refractivity contribution >= 4 is 34.1 Å².